The zero-order valence-electron chi connectivity index (χ0n) is 13.5. The molecule has 3 rings (SSSR count). The first-order valence-electron chi connectivity index (χ1n) is 7.46. The summed E-state index contributed by atoms with van der Waals surface area (Å²) in [6, 6.07) is 5.53. The van der Waals surface area contributed by atoms with Gasteiger partial charge < -0.3 is 10.1 Å². The SMILES string of the molecule is CCOC(=O)C1=C(C)Nc2nc(SC)nn2C1c1cccc(F)c1. The summed E-state index contributed by atoms with van der Waals surface area (Å²) in [5.74, 6) is -0.318. The minimum atomic E-state index is -0.593. The molecule has 1 N–H and O–H groups in total. The van der Waals surface area contributed by atoms with Crippen molar-refractivity contribution in [3.05, 3.63) is 46.9 Å². The van der Waals surface area contributed by atoms with Gasteiger partial charge in [0.25, 0.3) is 0 Å². The van der Waals surface area contributed by atoms with Crippen molar-refractivity contribution in [2.75, 3.05) is 18.2 Å². The molecule has 1 aliphatic rings. The zero-order valence-corrected chi connectivity index (χ0v) is 14.4. The van der Waals surface area contributed by atoms with Gasteiger partial charge in [0.05, 0.1) is 12.2 Å². The van der Waals surface area contributed by atoms with Gasteiger partial charge in [0.1, 0.15) is 11.9 Å². The van der Waals surface area contributed by atoms with Crippen molar-refractivity contribution in [1.29, 1.82) is 0 Å². The zero-order chi connectivity index (χ0) is 17.3. The van der Waals surface area contributed by atoms with Crippen LogP contribution in [0.1, 0.15) is 25.5 Å². The van der Waals surface area contributed by atoms with E-state index in [2.05, 4.69) is 15.4 Å². The summed E-state index contributed by atoms with van der Waals surface area (Å²) in [7, 11) is 0. The number of nitrogens with one attached hydrogen (secondary N) is 1. The first-order valence-corrected chi connectivity index (χ1v) is 8.68. The predicted octanol–water partition coefficient (Wildman–Crippen LogP) is 2.99. The first-order chi connectivity index (χ1) is 11.5. The van der Waals surface area contributed by atoms with E-state index in [1.54, 1.807) is 30.7 Å². The maximum atomic E-state index is 13.7. The minimum absolute atomic E-state index is 0.256. The maximum Gasteiger partial charge on any atom is 0.338 e. The van der Waals surface area contributed by atoms with Crippen LogP contribution in [0.25, 0.3) is 0 Å². The topological polar surface area (TPSA) is 69.0 Å². The van der Waals surface area contributed by atoms with Crippen LogP contribution in [0.3, 0.4) is 0 Å². The van der Waals surface area contributed by atoms with Crippen LogP contribution in [-0.4, -0.2) is 33.6 Å². The maximum absolute atomic E-state index is 13.7. The third kappa shape index (κ3) is 2.89. The number of carbonyl (C=O) groups excluding carboxylic acids is 1. The second-order valence-electron chi connectivity index (χ2n) is 5.21. The number of aromatic nitrogens is 3. The van der Waals surface area contributed by atoms with Crippen molar-refractivity contribution in [3.63, 3.8) is 0 Å². The fourth-order valence-electron chi connectivity index (χ4n) is 2.68. The van der Waals surface area contributed by atoms with Crippen LogP contribution in [-0.2, 0) is 9.53 Å². The molecule has 0 saturated carbocycles. The van der Waals surface area contributed by atoms with E-state index < -0.39 is 12.0 Å². The summed E-state index contributed by atoms with van der Waals surface area (Å²) in [6.07, 6.45) is 1.87. The number of thioether (sulfide) groups is 1. The number of carbonyl (C=O) groups is 1. The van der Waals surface area contributed by atoms with Crippen LogP contribution in [0.15, 0.2) is 40.7 Å². The van der Waals surface area contributed by atoms with Crippen molar-refractivity contribution >= 4 is 23.7 Å². The lowest BCUT2D eigenvalue weighted by molar-refractivity contribution is -0.139. The average molecular weight is 348 g/mol. The van der Waals surface area contributed by atoms with Gasteiger partial charge in [0.2, 0.25) is 11.1 Å². The van der Waals surface area contributed by atoms with Crippen LogP contribution < -0.4 is 5.32 Å². The number of fused-ring (bicyclic) bond motifs is 1. The lowest BCUT2D eigenvalue weighted by Crippen LogP contribution is -2.29. The van der Waals surface area contributed by atoms with Gasteiger partial charge in [-0.1, -0.05) is 23.9 Å². The number of benzene rings is 1. The smallest absolute Gasteiger partial charge is 0.338 e. The Bertz CT molecular complexity index is 818. The van der Waals surface area contributed by atoms with Gasteiger partial charge in [-0.25, -0.2) is 13.9 Å². The second kappa shape index (κ2) is 6.64. The highest BCUT2D eigenvalue weighted by Crippen LogP contribution is 2.36. The van der Waals surface area contributed by atoms with Crippen LogP contribution in [0.5, 0.6) is 0 Å². The molecule has 0 saturated heterocycles. The Morgan fingerprint density at radius 2 is 2.29 bits per heavy atom. The molecule has 6 nitrogen and oxygen atoms in total. The summed E-state index contributed by atoms with van der Waals surface area (Å²) in [6.45, 7) is 3.77. The number of ether oxygens (including phenoxy) is 1. The molecule has 1 aliphatic heterocycles. The van der Waals surface area contributed by atoms with Gasteiger partial charge in [-0.15, -0.1) is 5.10 Å². The van der Waals surface area contributed by atoms with Crippen molar-refractivity contribution in [2.24, 2.45) is 0 Å². The fraction of sp³-hybridized carbons (Fsp3) is 0.312. The summed E-state index contributed by atoms with van der Waals surface area (Å²) < 4.78 is 20.5. The number of hydrogen-bond acceptors (Lipinski definition) is 6. The van der Waals surface area contributed by atoms with Crippen LogP contribution in [0.2, 0.25) is 0 Å². The molecule has 126 valence electrons. The molecule has 1 unspecified atom stereocenters. The Labute approximate surface area is 143 Å². The monoisotopic (exact) mass is 348 g/mol. The third-order valence-corrected chi connectivity index (χ3v) is 4.21. The number of rotatable bonds is 4. The average Bonchev–Trinajstić information content (AvgIpc) is 2.96. The summed E-state index contributed by atoms with van der Waals surface area (Å²) >= 11 is 1.39. The molecular formula is C16H17FN4O2S. The molecule has 2 heterocycles. The number of anilines is 1. The van der Waals surface area contributed by atoms with Crippen molar-refractivity contribution < 1.29 is 13.9 Å². The molecule has 0 bridgehead atoms. The van der Waals surface area contributed by atoms with Gasteiger partial charge in [-0.05, 0) is 37.8 Å². The van der Waals surface area contributed by atoms with E-state index in [4.69, 9.17) is 4.74 Å². The Morgan fingerprint density at radius 3 is 2.96 bits per heavy atom. The first kappa shape index (κ1) is 16.5. The van der Waals surface area contributed by atoms with Crippen molar-refractivity contribution in [2.45, 2.75) is 25.0 Å². The van der Waals surface area contributed by atoms with Gasteiger partial charge in [0, 0.05) is 5.70 Å². The molecule has 1 atom stereocenters. The molecule has 1 aromatic heterocycles. The number of allylic oxidation sites excluding steroid dienone is 1. The molecule has 8 heteroatoms. The number of nitrogens with zero attached hydrogens (tertiary/aromatic N) is 3. The molecule has 24 heavy (non-hydrogen) atoms. The minimum Gasteiger partial charge on any atom is -0.463 e. The molecule has 0 spiro atoms. The fourth-order valence-corrected chi connectivity index (χ4v) is 3.02. The molecular weight excluding hydrogens is 331 g/mol. The van der Waals surface area contributed by atoms with Crippen LogP contribution >= 0.6 is 11.8 Å². The molecule has 0 fully saturated rings. The van der Waals surface area contributed by atoms with Gasteiger partial charge >= 0.3 is 5.97 Å². The molecule has 0 aliphatic carbocycles. The van der Waals surface area contributed by atoms with Crippen LogP contribution in [0, 0.1) is 5.82 Å². The Morgan fingerprint density at radius 1 is 1.50 bits per heavy atom. The normalized spacial score (nSPS) is 16.6. The Kier molecular flexibility index (Phi) is 4.57. The summed E-state index contributed by atoms with van der Waals surface area (Å²) in [5, 5.41) is 8.07. The number of hydrogen-bond donors (Lipinski definition) is 1. The van der Waals surface area contributed by atoms with Crippen molar-refractivity contribution in [1.82, 2.24) is 14.8 Å². The van der Waals surface area contributed by atoms with Crippen LogP contribution in [0.4, 0.5) is 10.3 Å². The standard InChI is InChI=1S/C16H17FN4O2S/c1-4-23-14(22)12-9(2)18-15-19-16(24-3)20-21(15)13(12)10-6-5-7-11(17)8-10/h5-8,13H,4H2,1-3H3,(H,18,19,20). The van der Waals surface area contributed by atoms with E-state index >= 15 is 0 Å². The van der Waals surface area contributed by atoms with Gasteiger partial charge in [0.15, 0.2) is 0 Å². The highest BCUT2D eigenvalue weighted by atomic mass is 32.2. The largest absolute Gasteiger partial charge is 0.463 e. The Hall–Kier alpha value is -2.35. The number of halogens is 1. The van der Waals surface area contributed by atoms with E-state index in [0.717, 1.165) is 0 Å². The van der Waals surface area contributed by atoms with E-state index in [9.17, 15) is 9.18 Å². The highest BCUT2D eigenvalue weighted by molar-refractivity contribution is 7.98. The summed E-state index contributed by atoms with van der Waals surface area (Å²) in [5.41, 5.74) is 1.63. The van der Waals surface area contributed by atoms with Gasteiger partial charge in [-0.2, -0.15) is 4.98 Å². The molecule has 1 aromatic carbocycles. The molecule has 2 aromatic rings. The van der Waals surface area contributed by atoms with Crippen molar-refractivity contribution in [3.8, 4) is 0 Å². The van der Waals surface area contributed by atoms with E-state index in [1.807, 2.05) is 6.26 Å². The lowest BCUT2D eigenvalue weighted by Gasteiger charge is -2.28. The molecule has 0 radical (unpaired) electrons. The second-order valence-corrected chi connectivity index (χ2v) is 5.98. The summed E-state index contributed by atoms with van der Waals surface area (Å²) in [4.78, 5) is 16.9. The van der Waals surface area contributed by atoms with E-state index in [-0.39, 0.29) is 12.4 Å². The van der Waals surface area contributed by atoms with E-state index in [1.165, 1.54) is 23.9 Å². The lowest BCUT2D eigenvalue weighted by atomic mass is 9.96. The Balaban J connectivity index is 2.17. The quantitative estimate of drug-likeness (QED) is 0.677. The van der Waals surface area contributed by atoms with E-state index in [0.29, 0.717) is 27.9 Å². The third-order valence-electron chi connectivity index (χ3n) is 3.68. The number of esters is 1. The highest BCUT2D eigenvalue weighted by Gasteiger charge is 2.35. The predicted molar refractivity (Wildman–Crippen MR) is 89.3 cm³/mol. The molecule has 0 amide bonds. The van der Waals surface area contributed by atoms with Gasteiger partial charge in [-0.3, -0.25) is 0 Å².